The van der Waals surface area contributed by atoms with Gasteiger partial charge in [0.25, 0.3) is 11.8 Å². The Morgan fingerprint density at radius 1 is 1.16 bits per heavy atom. The van der Waals surface area contributed by atoms with E-state index in [0.29, 0.717) is 16.3 Å². The minimum Gasteiger partial charge on any atom is -0.268 e. The maximum absolute atomic E-state index is 12.2. The largest absolute Gasteiger partial charge is 0.284 e. The van der Waals surface area contributed by atoms with Crippen molar-refractivity contribution >= 4 is 29.1 Å². The number of amides is 2. The number of nitrogens with zero attached hydrogens (tertiary/aromatic N) is 2. The average Bonchev–Trinajstić information content (AvgIpc) is 2.66. The van der Waals surface area contributed by atoms with Crippen molar-refractivity contribution in [1.82, 2.24) is 4.98 Å². The highest BCUT2D eigenvalue weighted by Gasteiger charge is 2.37. The number of hydrogen-bond acceptors (Lipinski definition) is 3. The molecule has 0 bridgehead atoms. The molecule has 2 amide bonds. The van der Waals surface area contributed by atoms with Crippen molar-refractivity contribution in [3.63, 3.8) is 0 Å². The molecule has 5 heteroatoms. The summed E-state index contributed by atoms with van der Waals surface area (Å²) < 4.78 is 0. The van der Waals surface area contributed by atoms with Crippen LogP contribution in [0.5, 0.6) is 0 Å². The highest BCUT2D eigenvalue weighted by atomic mass is 35.5. The molecule has 0 aliphatic carbocycles. The number of aryl methyl sites for hydroxylation is 1. The third kappa shape index (κ3) is 1.72. The highest BCUT2D eigenvalue weighted by molar-refractivity contribution is 6.35. The predicted molar refractivity (Wildman–Crippen MR) is 71.6 cm³/mol. The number of benzene rings is 1. The number of hydrogen-bond donors (Lipinski definition) is 0. The standard InChI is InChI=1S/C14H9ClN2O2/c1-8-4-5-9(7-11(8)15)17-13(18)10-3-2-6-16-12(10)14(17)19/h2-7H,1H3. The SMILES string of the molecule is Cc1ccc(N2C(=O)c3cccnc3C2=O)cc1Cl. The van der Waals surface area contributed by atoms with Crippen molar-refractivity contribution in [2.24, 2.45) is 0 Å². The Bertz CT molecular complexity index is 677. The lowest BCUT2D eigenvalue weighted by molar-refractivity contribution is 0.0924. The van der Waals surface area contributed by atoms with Crippen LogP contribution in [0.1, 0.15) is 26.4 Å². The van der Waals surface area contributed by atoms with E-state index in [-0.39, 0.29) is 11.6 Å². The van der Waals surface area contributed by atoms with Crippen molar-refractivity contribution in [2.45, 2.75) is 6.92 Å². The van der Waals surface area contributed by atoms with Gasteiger partial charge in [-0.15, -0.1) is 0 Å². The Balaban J connectivity index is 2.11. The summed E-state index contributed by atoms with van der Waals surface area (Å²) in [6, 6.07) is 8.31. The third-order valence-electron chi connectivity index (χ3n) is 3.06. The molecule has 4 nitrogen and oxygen atoms in total. The summed E-state index contributed by atoms with van der Waals surface area (Å²) in [7, 11) is 0. The molecule has 19 heavy (non-hydrogen) atoms. The second-order valence-electron chi connectivity index (χ2n) is 4.28. The van der Waals surface area contributed by atoms with Crippen molar-refractivity contribution in [2.75, 3.05) is 4.90 Å². The van der Waals surface area contributed by atoms with Gasteiger partial charge in [0.15, 0.2) is 0 Å². The zero-order valence-electron chi connectivity index (χ0n) is 10.1. The number of pyridine rings is 1. The van der Waals surface area contributed by atoms with Gasteiger partial charge >= 0.3 is 0 Å². The molecule has 0 saturated heterocycles. The molecule has 3 rings (SSSR count). The van der Waals surface area contributed by atoms with Crippen molar-refractivity contribution in [1.29, 1.82) is 0 Å². The van der Waals surface area contributed by atoms with E-state index in [0.717, 1.165) is 10.5 Å². The Kier molecular flexibility index (Phi) is 2.61. The maximum atomic E-state index is 12.2. The Labute approximate surface area is 114 Å². The average molecular weight is 273 g/mol. The number of fused-ring (bicyclic) bond motifs is 1. The van der Waals surface area contributed by atoms with E-state index >= 15 is 0 Å². The molecule has 94 valence electrons. The second kappa shape index (κ2) is 4.17. The van der Waals surface area contributed by atoms with Crippen LogP contribution < -0.4 is 4.90 Å². The van der Waals surface area contributed by atoms with Gasteiger partial charge < -0.3 is 0 Å². The van der Waals surface area contributed by atoms with Gasteiger partial charge in [-0.05, 0) is 36.8 Å². The van der Waals surface area contributed by atoms with Gasteiger partial charge in [-0.25, -0.2) is 4.90 Å². The zero-order chi connectivity index (χ0) is 13.6. The van der Waals surface area contributed by atoms with Crippen LogP contribution >= 0.6 is 11.6 Å². The fourth-order valence-electron chi connectivity index (χ4n) is 2.02. The summed E-state index contributed by atoms with van der Waals surface area (Å²) in [4.78, 5) is 29.5. The molecular weight excluding hydrogens is 264 g/mol. The monoisotopic (exact) mass is 272 g/mol. The number of aromatic nitrogens is 1. The van der Waals surface area contributed by atoms with E-state index in [1.54, 1.807) is 30.3 Å². The molecule has 0 radical (unpaired) electrons. The van der Waals surface area contributed by atoms with Crippen LogP contribution in [0.25, 0.3) is 0 Å². The molecule has 0 saturated carbocycles. The molecule has 0 spiro atoms. The topological polar surface area (TPSA) is 50.3 Å². The summed E-state index contributed by atoms with van der Waals surface area (Å²) in [5.41, 5.74) is 1.86. The quantitative estimate of drug-likeness (QED) is 0.750. The molecule has 1 aromatic carbocycles. The lowest BCUT2D eigenvalue weighted by Gasteiger charge is -2.14. The first kappa shape index (κ1) is 11.9. The van der Waals surface area contributed by atoms with Crippen molar-refractivity contribution < 1.29 is 9.59 Å². The Morgan fingerprint density at radius 3 is 2.63 bits per heavy atom. The highest BCUT2D eigenvalue weighted by Crippen LogP contribution is 2.29. The van der Waals surface area contributed by atoms with Crippen molar-refractivity contribution in [3.8, 4) is 0 Å². The zero-order valence-corrected chi connectivity index (χ0v) is 10.8. The first-order valence-corrected chi connectivity index (χ1v) is 6.07. The molecular formula is C14H9ClN2O2. The predicted octanol–water partition coefficient (Wildman–Crippen LogP) is 2.84. The van der Waals surface area contributed by atoms with Gasteiger partial charge in [-0.1, -0.05) is 17.7 Å². The molecule has 2 aromatic rings. The minimum absolute atomic E-state index is 0.184. The first-order valence-electron chi connectivity index (χ1n) is 5.69. The molecule has 0 N–H and O–H groups in total. The normalized spacial score (nSPS) is 13.9. The van der Waals surface area contributed by atoms with Gasteiger partial charge in [-0.2, -0.15) is 0 Å². The lowest BCUT2D eigenvalue weighted by Crippen LogP contribution is -2.29. The number of rotatable bonds is 1. The number of carbonyl (C=O) groups excluding carboxylic acids is 2. The van der Waals surface area contributed by atoms with Crippen LogP contribution in [-0.2, 0) is 0 Å². The smallest absolute Gasteiger partial charge is 0.268 e. The molecule has 0 fully saturated rings. The maximum Gasteiger partial charge on any atom is 0.284 e. The van der Waals surface area contributed by atoms with E-state index in [9.17, 15) is 9.59 Å². The van der Waals surface area contributed by atoms with E-state index in [1.165, 1.54) is 6.20 Å². The van der Waals surface area contributed by atoms with Crippen LogP contribution in [-0.4, -0.2) is 16.8 Å². The van der Waals surface area contributed by atoms with Crippen LogP contribution in [0.3, 0.4) is 0 Å². The van der Waals surface area contributed by atoms with Crippen LogP contribution in [0.2, 0.25) is 5.02 Å². The van der Waals surface area contributed by atoms with Crippen molar-refractivity contribution in [3.05, 3.63) is 58.4 Å². The summed E-state index contributed by atoms with van der Waals surface area (Å²) in [6.45, 7) is 1.86. The number of halogens is 1. The fraction of sp³-hybridized carbons (Fsp3) is 0.0714. The van der Waals surface area contributed by atoms with Gasteiger partial charge in [-0.3, -0.25) is 14.6 Å². The summed E-state index contributed by atoms with van der Waals surface area (Å²) >= 11 is 6.03. The molecule has 1 aromatic heterocycles. The van der Waals surface area contributed by atoms with E-state index in [2.05, 4.69) is 4.98 Å². The van der Waals surface area contributed by atoms with E-state index in [4.69, 9.17) is 11.6 Å². The molecule has 1 aliphatic rings. The minimum atomic E-state index is -0.416. The number of carbonyl (C=O) groups is 2. The third-order valence-corrected chi connectivity index (χ3v) is 3.47. The fourth-order valence-corrected chi connectivity index (χ4v) is 2.20. The van der Waals surface area contributed by atoms with Gasteiger partial charge in [0.2, 0.25) is 0 Å². The van der Waals surface area contributed by atoms with E-state index < -0.39 is 5.91 Å². The molecule has 0 atom stereocenters. The Hall–Kier alpha value is -2.20. The van der Waals surface area contributed by atoms with Gasteiger partial charge in [0.1, 0.15) is 5.69 Å². The number of anilines is 1. The van der Waals surface area contributed by atoms with Crippen LogP contribution in [0.15, 0.2) is 36.5 Å². The van der Waals surface area contributed by atoms with Crippen LogP contribution in [0.4, 0.5) is 5.69 Å². The Morgan fingerprint density at radius 2 is 1.95 bits per heavy atom. The van der Waals surface area contributed by atoms with Gasteiger partial charge in [0.05, 0.1) is 11.3 Å². The first-order chi connectivity index (χ1) is 9.09. The lowest BCUT2D eigenvalue weighted by atomic mass is 10.2. The summed E-state index contributed by atoms with van der Waals surface area (Å²) in [5, 5.41) is 0.516. The summed E-state index contributed by atoms with van der Waals surface area (Å²) in [5.74, 6) is -0.784. The van der Waals surface area contributed by atoms with E-state index in [1.807, 2.05) is 6.92 Å². The molecule has 1 aliphatic heterocycles. The molecule has 2 heterocycles. The van der Waals surface area contributed by atoms with Gasteiger partial charge in [0, 0.05) is 11.2 Å². The summed E-state index contributed by atoms with van der Waals surface area (Å²) in [6.07, 6.45) is 1.50. The molecule has 0 unspecified atom stereocenters. The number of imide groups is 1. The second-order valence-corrected chi connectivity index (χ2v) is 4.69. The van der Waals surface area contributed by atoms with Crippen LogP contribution in [0, 0.1) is 6.92 Å².